The van der Waals surface area contributed by atoms with Crippen molar-refractivity contribution in [3.8, 4) is 11.5 Å². The van der Waals surface area contributed by atoms with Crippen molar-refractivity contribution in [2.24, 2.45) is 0 Å². The number of unbranched alkanes of at least 4 members (excludes halogenated alkanes) is 1. The highest BCUT2D eigenvalue weighted by atomic mass is 79.9. The molecule has 0 aliphatic rings. The molecular weight excluding hydrogens is 390 g/mol. The molecule has 5 heteroatoms. The first kappa shape index (κ1) is 20.8. The van der Waals surface area contributed by atoms with Gasteiger partial charge < -0.3 is 14.8 Å². The molecule has 0 aromatic heterocycles. The minimum Gasteiger partial charge on any atom is -0.493 e. The second-order valence-electron chi connectivity index (χ2n) is 5.40. The lowest BCUT2D eigenvalue weighted by molar-refractivity contribution is 0.280. The number of rotatable bonds is 9. The van der Waals surface area contributed by atoms with Gasteiger partial charge in [0, 0.05) is 16.6 Å². The second-order valence-corrected chi connectivity index (χ2v) is 6.32. The molecule has 0 atom stereocenters. The molecular formula is C19H25BrClNO2. The Hall–Kier alpha value is -1.23. The summed E-state index contributed by atoms with van der Waals surface area (Å²) in [6.07, 6.45) is 2.36. The third-order valence-corrected chi connectivity index (χ3v) is 4.02. The van der Waals surface area contributed by atoms with Crippen LogP contribution in [-0.2, 0) is 13.2 Å². The van der Waals surface area contributed by atoms with E-state index in [0.717, 1.165) is 40.2 Å². The average Bonchev–Trinajstić information content (AvgIpc) is 2.58. The number of methoxy groups -OCH3 is 1. The number of benzene rings is 2. The number of ether oxygens (including phenoxy) is 2. The molecule has 2 aromatic rings. The van der Waals surface area contributed by atoms with Gasteiger partial charge in [0.1, 0.15) is 6.61 Å². The van der Waals surface area contributed by atoms with Gasteiger partial charge in [-0.25, -0.2) is 0 Å². The molecule has 3 nitrogen and oxygen atoms in total. The number of hydrogen-bond donors (Lipinski definition) is 1. The monoisotopic (exact) mass is 413 g/mol. The molecule has 0 bridgehead atoms. The fraction of sp³-hybridized carbons (Fsp3) is 0.368. The van der Waals surface area contributed by atoms with Crippen LogP contribution in [-0.4, -0.2) is 13.7 Å². The second kappa shape index (κ2) is 11.3. The van der Waals surface area contributed by atoms with E-state index >= 15 is 0 Å². The molecule has 2 rings (SSSR count). The minimum absolute atomic E-state index is 0. The van der Waals surface area contributed by atoms with Crippen LogP contribution >= 0.6 is 28.3 Å². The Kier molecular flexibility index (Phi) is 9.84. The van der Waals surface area contributed by atoms with Crippen molar-refractivity contribution in [1.82, 2.24) is 5.32 Å². The molecule has 0 amide bonds. The minimum atomic E-state index is 0. The molecule has 0 saturated carbocycles. The lowest BCUT2D eigenvalue weighted by Crippen LogP contribution is -2.15. The summed E-state index contributed by atoms with van der Waals surface area (Å²) in [7, 11) is 1.67. The van der Waals surface area contributed by atoms with E-state index < -0.39 is 0 Å². The van der Waals surface area contributed by atoms with Crippen molar-refractivity contribution >= 4 is 28.3 Å². The zero-order valence-electron chi connectivity index (χ0n) is 14.2. The van der Waals surface area contributed by atoms with Gasteiger partial charge in [-0.1, -0.05) is 59.6 Å². The molecule has 1 N–H and O–H groups in total. The van der Waals surface area contributed by atoms with Crippen LogP contribution in [0, 0.1) is 0 Å². The quantitative estimate of drug-likeness (QED) is 0.561. The fourth-order valence-electron chi connectivity index (χ4n) is 2.32. The Bertz CT molecular complexity index is 608. The number of hydrogen-bond acceptors (Lipinski definition) is 3. The topological polar surface area (TPSA) is 30.5 Å². The van der Waals surface area contributed by atoms with Gasteiger partial charge in [-0.15, -0.1) is 12.4 Å². The largest absolute Gasteiger partial charge is 0.493 e. The molecule has 24 heavy (non-hydrogen) atoms. The molecule has 132 valence electrons. The van der Waals surface area contributed by atoms with Crippen molar-refractivity contribution in [2.75, 3.05) is 13.7 Å². The molecule has 0 saturated heterocycles. The van der Waals surface area contributed by atoms with Crippen LogP contribution < -0.4 is 14.8 Å². The lowest BCUT2D eigenvalue weighted by atomic mass is 10.1. The first-order valence-corrected chi connectivity index (χ1v) is 8.77. The van der Waals surface area contributed by atoms with Gasteiger partial charge in [-0.3, -0.25) is 0 Å². The molecule has 0 aliphatic heterocycles. The van der Waals surface area contributed by atoms with Crippen molar-refractivity contribution in [3.63, 3.8) is 0 Å². The van der Waals surface area contributed by atoms with Crippen molar-refractivity contribution in [1.29, 1.82) is 0 Å². The zero-order valence-corrected chi connectivity index (χ0v) is 16.6. The van der Waals surface area contributed by atoms with Crippen molar-refractivity contribution in [3.05, 3.63) is 58.1 Å². The average molecular weight is 415 g/mol. The normalized spacial score (nSPS) is 10.1. The molecule has 0 aliphatic carbocycles. The predicted octanol–water partition coefficient (Wildman–Crippen LogP) is 5.35. The van der Waals surface area contributed by atoms with E-state index in [-0.39, 0.29) is 12.4 Å². The highest BCUT2D eigenvalue weighted by Crippen LogP contribution is 2.35. The summed E-state index contributed by atoms with van der Waals surface area (Å²) in [6.45, 7) is 4.49. The third kappa shape index (κ3) is 6.34. The van der Waals surface area contributed by atoms with Gasteiger partial charge in [0.15, 0.2) is 11.5 Å². The summed E-state index contributed by atoms with van der Waals surface area (Å²) in [5.41, 5.74) is 2.24. The van der Waals surface area contributed by atoms with Crippen molar-refractivity contribution < 1.29 is 9.47 Å². The van der Waals surface area contributed by atoms with Crippen LogP contribution in [0.25, 0.3) is 0 Å². The lowest BCUT2D eigenvalue weighted by Gasteiger charge is -2.16. The molecule has 0 fully saturated rings. The van der Waals surface area contributed by atoms with Gasteiger partial charge in [0.25, 0.3) is 0 Å². The van der Waals surface area contributed by atoms with E-state index in [4.69, 9.17) is 9.47 Å². The Morgan fingerprint density at radius 3 is 2.54 bits per heavy atom. The van der Waals surface area contributed by atoms with Gasteiger partial charge in [0.05, 0.1) is 7.11 Å². The molecule has 0 heterocycles. The maximum absolute atomic E-state index is 6.07. The fourth-order valence-corrected chi connectivity index (χ4v) is 2.81. The zero-order chi connectivity index (χ0) is 16.5. The Morgan fingerprint density at radius 1 is 1.12 bits per heavy atom. The molecule has 0 unspecified atom stereocenters. The van der Waals surface area contributed by atoms with E-state index in [1.165, 1.54) is 12.8 Å². The first-order chi connectivity index (χ1) is 11.2. The smallest absolute Gasteiger partial charge is 0.166 e. The summed E-state index contributed by atoms with van der Waals surface area (Å²) < 4.78 is 12.6. The van der Waals surface area contributed by atoms with E-state index in [0.29, 0.717) is 6.61 Å². The van der Waals surface area contributed by atoms with Gasteiger partial charge in [-0.2, -0.15) is 0 Å². The number of halogens is 2. The predicted molar refractivity (Wildman–Crippen MR) is 105 cm³/mol. The van der Waals surface area contributed by atoms with Crippen LogP contribution in [0.5, 0.6) is 11.5 Å². The first-order valence-electron chi connectivity index (χ1n) is 7.98. The Morgan fingerprint density at radius 2 is 1.88 bits per heavy atom. The summed E-state index contributed by atoms with van der Waals surface area (Å²) in [6, 6.07) is 14.2. The van der Waals surface area contributed by atoms with E-state index in [1.807, 2.05) is 24.3 Å². The Labute approximate surface area is 159 Å². The van der Waals surface area contributed by atoms with Crippen LogP contribution in [0.4, 0.5) is 0 Å². The highest BCUT2D eigenvalue weighted by molar-refractivity contribution is 9.10. The Balaban J connectivity index is 0.00000288. The van der Waals surface area contributed by atoms with Gasteiger partial charge in [-0.05, 0) is 30.7 Å². The van der Waals surface area contributed by atoms with Crippen LogP contribution in [0.15, 0.2) is 46.9 Å². The van der Waals surface area contributed by atoms with Crippen LogP contribution in [0.3, 0.4) is 0 Å². The van der Waals surface area contributed by atoms with Crippen molar-refractivity contribution in [2.45, 2.75) is 32.9 Å². The maximum atomic E-state index is 6.07. The summed E-state index contributed by atoms with van der Waals surface area (Å²) in [5, 5.41) is 3.46. The van der Waals surface area contributed by atoms with Crippen LogP contribution in [0.1, 0.15) is 30.9 Å². The number of nitrogens with one attached hydrogen (secondary N) is 1. The summed E-state index contributed by atoms with van der Waals surface area (Å²) in [4.78, 5) is 0. The highest BCUT2D eigenvalue weighted by Gasteiger charge is 2.13. The third-order valence-electron chi connectivity index (χ3n) is 3.57. The molecule has 0 radical (unpaired) electrons. The van der Waals surface area contributed by atoms with Crippen LogP contribution in [0.2, 0.25) is 0 Å². The van der Waals surface area contributed by atoms with E-state index in [2.05, 4.69) is 46.4 Å². The van der Waals surface area contributed by atoms with E-state index in [9.17, 15) is 0 Å². The standard InChI is InChI=1S/C19H24BrNO2.ClH/c1-3-4-10-21-13-16-11-17(20)12-18(22-2)19(16)23-14-15-8-6-5-7-9-15;/h5-9,11-12,21H,3-4,10,13-14H2,1-2H3;1H. The summed E-state index contributed by atoms with van der Waals surface area (Å²) >= 11 is 3.54. The van der Waals surface area contributed by atoms with E-state index in [1.54, 1.807) is 7.11 Å². The van der Waals surface area contributed by atoms with Gasteiger partial charge in [0.2, 0.25) is 0 Å². The maximum Gasteiger partial charge on any atom is 0.166 e. The molecule has 2 aromatic carbocycles. The molecule has 0 spiro atoms. The summed E-state index contributed by atoms with van der Waals surface area (Å²) in [5.74, 6) is 1.56. The SMILES string of the molecule is CCCCNCc1cc(Br)cc(OC)c1OCc1ccccc1.Cl. The van der Waals surface area contributed by atoms with Gasteiger partial charge >= 0.3 is 0 Å².